The first-order valence-electron chi connectivity index (χ1n) is 9.77. The predicted molar refractivity (Wildman–Crippen MR) is 104 cm³/mol. The van der Waals surface area contributed by atoms with Gasteiger partial charge in [-0.2, -0.15) is 4.98 Å². The minimum atomic E-state index is -0.376. The van der Waals surface area contributed by atoms with E-state index >= 15 is 0 Å². The van der Waals surface area contributed by atoms with Gasteiger partial charge in [0.15, 0.2) is 5.58 Å². The first-order chi connectivity index (χ1) is 13.6. The van der Waals surface area contributed by atoms with Crippen molar-refractivity contribution < 1.29 is 13.6 Å². The molecule has 28 heavy (non-hydrogen) atoms. The summed E-state index contributed by atoms with van der Waals surface area (Å²) in [5.41, 5.74) is 2.19. The Morgan fingerprint density at radius 1 is 1.07 bits per heavy atom. The van der Waals surface area contributed by atoms with Crippen LogP contribution in [0.1, 0.15) is 24.8 Å². The van der Waals surface area contributed by atoms with E-state index in [2.05, 4.69) is 9.88 Å². The van der Waals surface area contributed by atoms with Crippen LogP contribution >= 0.6 is 0 Å². The van der Waals surface area contributed by atoms with Crippen molar-refractivity contribution >= 4 is 23.0 Å². The highest BCUT2D eigenvalue weighted by atomic mass is 19.1. The SMILES string of the molecule is O=C1N(Cc2ccc(F)cc2)CCC[C@]12CCN(c1nc3ccccc3o1)C2. The van der Waals surface area contributed by atoms with Crippen LogP contribution in [-0.4, -0.2) is 35.4 Å². The van der Waals surface area contributed by atoms with Gasteiger partial charge in [-0.15, -0.1) is 0 Å². The van der Waals surface area contributed by atoms with Crippen molar-refractivity contribution in [2.45, 2.75) is 25.8 Å². The molecule has 5 rings (SSSR count). The number of fused-ring (bicyclic) bond motifs is 1. The molecular formula is C22H22FN3O2. The number of piperidine rings is 1. The van der Waals surface area contributed by atoms with Crippen LogP contribution in [0, 0.1) is 11.2 Å². The second-order valence-electron chi connectivity index (χ2n) is 7.87. The van der Waals surface area contributed by atoms with Crippen LogP contribution in [0.3, 0.4) is 0 Å². The molecule has 2 aliphatic heterocycles. The number of carbonyl (C=O) groups excluding carboxylic acids is 1. The molecular weight excluding hydrogens is 357 g/mol. The highest BCUT2D eigenvalue weighted by molar-refractivity contribution is 5.85. The van der Waals surface area contributed by atoms with Gasteiger partial charge >= 0.3 is 0 Å². The van der Waals surface area contributed by atoms with E-state index in [0.717, 1.165) is 49.0 Å². The fourth-order valence-electron chi connectivity index (χ4n) is 4.52. The molecule has 0 aliphatic carbocycles. The number of amides is 1. The van der Waals surface area contributed by atoms with E-state index in [1.807, 2.05) is 29.2 Å². The summed E-state index contributed by atoms with van der Waals surface area (Å²) >= 11 is 0. The van der Waals surface area contributed by atoms with Crippen molar-refractivity contribution in [2.75, 3.05) is 24.5 Å². The van der Waals surface area contributed by atoms with E-state index in [0.29, 0.717) is 19.1 Å². The number of nitrogens with zero attached hydrogens (tertiary/aromatic N) is 3. The second-order valence-corrected chi connectivity index (χ2v) is 7.87. The molecule has 2 aliphatic rings. The average molecular weight is 379 g/mol. The Morgan fingerprint density at radius 2 is 1.89 bits per heavy atom. The minimum absolute atomic E-state index is 0.196. The molecule has 0 radical (unpaired) electrons. The zero-order valence-electron chi connectivity index (χ0n) is 15.6. The molecule has 2 fully saturated rings. The number of rotatable bonds is 3. The van der Waals surface area contributed by atoms with Gasteiger partial charge in [0, 0.05) is 26.2 Å². The van der Waals surface area contributed by atoms with Gasteiger partial charge in [0.1, 0.15) is 11.3 Å². The summed E-state index contributed by atoms with van der Waals surface area (Å²) in [6, 6.07) is 14.7. The van der Waals surface area contributed by atoms with Crippen LogP contribution in [0.4, 0.5) is 10.4 Å². The molecule has 1 amide bonds. The average Bonchev–Trinajstić information content (AvgIpc) is 3.32. The van der Waals surface area contributed by atoms with Gasteiger partial charge in [0.2, 0.25) is 5.91 Å². The molecule has 144 valence electrons. The molecule has 0 bridgehead atoms. The van der Waals surface area contributed by atoms with Crippen LogP contribution < -0.4 is 4.90 Å². The molecule has 3 aromatic rings. The van der Waals surface area contributed by atoms with Crippen LogP contribution in [0.2, 0.25) is 0 Å². The third-order valence-electron chi connectivity index (χ3n) is 6.02. The Labute approximate surface area is 162 Å². The Kier molecular flexibility index (Phi) is 4.07. The molecule has 1 spiro atoms. The number of likely N-dealkylation sites (tertiary alicyclic amines) is 1. The van der Waals surface area contributed by atoms with Crippen molar-refractivity contribution in [3.63, 3.8) is 0 Å². The van der Waals surface area contributed by atoms with Crippen LogP contribution in [0.5, 0.6) is 0 Å². The molecule has 3 heterocycles. The molecule has 1 atom stereocenters. The summed E-state index contributed by atoms with van der Waals surface area (Å²) in [6.07, 6.45) is 2.68. The number of halogens is 1. The largest absolute Gasteiger partial charge is 0.423 e. The van der Waals surface area contributed by atoms with Gasteiger partial charge < -0.3 is 14.2 Å². The van der Waals surface area contributed by atoms with E-state index < -0.39 is 0 Å². The summed E-state index contributed by atoms with van der Waals surface area (Å²) in [5.74, 6) is -0.0587. The molecule has 6 heteroatoms. The van der Waals surface area contributed by atoms with Crippen molar-refractivity contribution in [3.05, 3.63) is 59.9 Å². The smallest absolute Gasteiger partial charge is 0.298 e. The lowest BCUT2D eigenvalue weighted by atomic mass is 9.78. The van der Waals surface area contributed by atoms with Crippen LogP contribution in [0.25, 0.3) is 11.1 Å². The van der Waals surface area contributed by atoms with Crippen molar-refractivity contribution in [1.82, 2.24) is 9.88 Å². The van der Waals surface area contributed by atoms with Gasteiger partial charge in [-0.25, -0.2) is 4.39 Å². The Morgan fingerprint density at radius 3 is 2.71 bits per heavy atom. The Balaban J connectivity index is 1.34. The van der Waals surface area contributed by atoms with Crippen LogP contribution in [-0.2, 0) is 11.3 Å². The maximum absolute atomic E-state index is 13.3. The highest BCUT2D eigenvalue weighted by Crippen LogP contribution is 2.42. The number of anilines is 1. The Bertz CT molecular complexity index is 983. The third-order valence-corrected chi connectivity index (χ3v) is 6.02. The van der Waals surface area contributed by atoms with E-state index in [4.69, 9.17) is 4.42 Å². The van der Waals surface area contributed by atoms with Gasteiger partial charge in [-0.3, -0.25) is 4.79 Å². The van der Waals surface area contributed by atoms with Gasteiger partial charge in [-0.05, 0) is 49.1 Å². The van der Waals surface area contributed by atoms with E-state index in [9.17, 15) is 9.18 Å². The quantitative estimate of drug-likeness (QED) is 0.691. The molecule has 2 aromatic carbocycles. The number of carbonyl (C=O) groups is 1. The summed E-state index contributed by atoms with van der Waals surface area (Å²) in [6.45, 7) is 2.69. The number of oxazole rings is 1. The predicted octanol–water partition coefficient (Wildman–Crippen LogP) is 3.99. The molecule has 0 unspecified atom stereocenters. The van der Waals surface area contributed by atoms with E-state index in [-0.39, 0.29) is 17.1 Å². The van der Waals surface area contributed by atoms with E-state index in [1.165, 1.54) is 12.1 Å². The molecule has 0 N–H and O–H groups in total. The number of hydrogen-bond donors (Lipinski definition) is 0. The summed E-state index contributed by atoms with van der Waals surface area (Å²) in [5, 5.41) is 0. The number of para-hydroxylation sites is 2. The standard InChI is InChI=1S/C22H22FN3O2/c23-17-8-6-16(7-9-17)14-25-12-3-10-22(20(25)27)11-13-26(15-22)21-24-18-4-1-2-5-19(18)28-21/h1-2,4-9H,3,10-15H2/t22-/m1/s1. The van der Waals surface area contributed by atoms with Gasteiger partial charge in [0.25, 0.3) is 6.01 Å². The second kappa shape index (κ2) is 6.62. The fourth-order valence-corrected chi connectivity index (χ4v) is 4.52. The zero-order valence-corrected chi connectivity index (χ0v) is 15.6. The third kappa shape index (κ3) is 2.93. The first-order valence-corrected chi connectivity index (χ1v) is 9.77. The molecule has 1 aromatic heterocycles. The number of aromatic nitrogens is 1. The van der Waals surface area contributed by atoms with Gasteiger partial charge in [0.05, 0.1) is 5.41 Å². The minimum Gasteiger partial charge on any atom is -0.423 e. The lowest BCUT2D eigenvalue weighted by molar-refractivity contribution is -0.145. The Hall–Kier alpha value is -2.89. The topological polar surface area (TPSA) is 49.6 Å². The molecule has 2 saturated heterocycles. The summed E-state index contributed by atoms with van der Waals surface area (Å²) in [4.78, 5) is 22.0. The van der Waals surface area contributed by atoms with E-state index in [1.54, 1.807) is 12.1 Å². The monoisotopic (exact) mass is 379 g/mol. The molecule has 5 nitrogen and oxygen atoms in total. The van der Waals surface area contributed by atoms with Crippen molar-refractivity contribution in [1.29, 1.82) is 0 Å². The number of benzene rings is 2. The first kappa shape index (κ1) is 17.2. The van der Waals surface area contributed by atoms with Crippen molar-refractivity contribution in [2.24, 2.45) is 5.41 Å². The maximum atomic E-state index is 13.3. The molecule has 0 saturated carbocycles. The zero-order chi connectivity index (χ0) is 19.1. The fraction of sp³-hybridized carbons (Fsp3) is 0.364. The maximum Gasteiger partial charge on any atom is 0.298 e. The van der Waals surface area contributed by atoms with Crippen LogP contribution in [0.15, 0.2) is 52.9 Å². The lowest BCUT2D eigenvalue weighted by Gasteiger charge is -2.39. The summed E-state index contributed by atoms with van der Waals surface area (Å²) < 4.78 is 19.1. The number of hydrogen-bond acceptors (Lipinski definition) is 4. The summed E-state index contributed by atoms with van der Waals surface area (Å²) in [7, 11) is 0. The van der Waals surface area contributed by atoms with Crippen molar-refractivity contribution in [3.8, 4) is 0 Å². The highest BCUT2D eigenvalue weighted by Gasteiger charge is 2.49. The van der Waals surface area contributed by atoms with Gasteiger partial charge in [-0.1, -0.05) is 24.3 Å². The normalized spacial score (nSPS) is 22.5. The lowest BCUT2D eigenvalue weighted by Crippen LogP contribution is -2.49.